The fraction of sp³-hybridized carbons (Fsp3) is 0.278. The third-order valence-corrected chi connectivity index (χ3v) is 5.89. The van der Waals surface area contributed by atoms with Gasteiger partial charge in [0.1, 0.15) is 11.4 Å². The van der Waals surface area contributed by atoms with Crippen molar-refractivity contribution < 1.29 is 9.53 Å². The topological polar surface area (TPSA) is 60.2 Å². The van der Waals surface area contributed by atoms with E-state index in [0.29, 0.717) is 23.7 Å². The number of aryl methyl sites for hydroxylation is 1. The summed E-state index contributed by atoms with van der Waals surface area (Å²) in [6.07, 6.45) is 2.24. The molecule has 0 bridgehead atoms. The molecule has 1 amide bonds. The number of aromatic nitrogens is 3. The number of fused-ring (bicyclic) bond motifs is 1. The van der Waals surface area contributed by atoms with Crippen LogP contribution in [-0.2, 0) is 20.0 Å². The highest BCUT2D eigenvalue weighted by molar-refractivity contribution is 7.10. The first kappa shape index (κ1) is 17.1. The van der Waals surface area contributed by atoms with E-state index in [9.17, 15) is 4.79 Å². The number of amides is 1. The van der Waals surface area contributed by atoms with E-state index in [-0.39, 0.29) is 11.9 Å². The molecule has 3 heterocycles. The maximum atomic E-state index is 12.9. The summed E-state index contributed by atoms with van der Waals surface area (Å²) >= 11 is 7.80. The van der Waals surface area contributed by atoms with Crippen LogP contribution >= 0.6 is 22.9 Å². The maximum Gasteiger partial charge on any atom is 0.274 e. The van der Waals surface area contributed by atoms with Crippen LogP contribution in [0.2, 0.25) is 5.02 Å². The highest BCUT2D eigenvalue weighted by atomic mass is 35.5. The fourth-order valence-electron chi connectivity index (χ4n) is 3.23. The van der Waals surface area contributed by atoms with E-state index in [4.69, 9.17) is 16.3 Å². The lowest BCUT2D eigenvalue weighted by atomic mass is 10.1. The van der Waals surface area contributed by atoms with E-state index in [1.807, 2.05) is 36.2 Å². The Morgan fingerprint density at radius 1 is 1.31 bits per heavy atom. The lowest BCUT2D eigenvalue weighted by Crippen LogP contribution is -2.29. The van der Waals surface area contributed by atoms with Crippen molar-refractivity contribution in [2.75, 3.05) is 7.11 Å². The summed E-state index contributed by atoms with van der Waals surface area (Å²) in [6, 6.07) is 7.65. The summed E-state index contributed by atoms with van der Waals surface area (Å²) in [7, 11) is 3.50. The second-order valence-electron chi connectivity index (χ2n) is 6.13. The van der Waals surface area contributed by atoms with Crippen LogP contribution in [0.5, 0.6) is 5.75 Å². The minimum absolute atomic E-state index is 0.0413. The summed E-state index contributed by atoms with van der Waals surface area (Å²) in [6.45, 7) is 0.506. The van der Waals surface area contributed by atoms with Gasteiger partial charge in [0.2, 0.25) is 0 Å². The molecule has 1 aromatic carbocycles. The second-order valence-corrected chi connectivity index (χ2v) is 7.42. The van der Waals surface area contributed by atoms with Crippen LogP contribution in [0, 0.1) is 0 Å². The second kappa shape index (κ2) is 6.74. The van der Waals surface area contributed by atoms with Crippen LogP contribution < -0.4 is 4.74 Å². The highest BCUT2D eigenvalue weighted by Crippen LogP contribution is 2.40. The van der Waals surface area contributed by atoms with Gasteiger partial charge in [0.25, 0.3) is 5.91 Å². The smallest absolute Gasteiger partial charge is 0.274 e. The first-order valence-corrected chi connectivity index (χ1v) is 9.38. The average molecular weight is 389 g/mol. The molecule has 1 atom stereocenters. The van der Waals surface area contributed by atoms with E-state index < -0.39 is 0 Å². The monoisotopic (exact) mass is 388 g/mol. The largest absolute Gasteiger partial charge is 0.497 e. The zero-order valence-electron chi connectivity index (χ0n) is 14.3. The number of hydrogen-bond acceptors (Lipinski definition) is 5. The molecule has 4 rings (SSSR count). The number of benzene rings is 1. The van der Waals surface area contributed by atoms with Gasteiger partial charge in [-0.1, -0.05) is 23.7 Å². The normalized spacial score (nSPS) is 16.2. The number of hydrogen-bond donors (Lipinski definition) is 0. The van der Waals surface area contributed by atoms with Gasteiger partial charge in [-0.25, -0.2) is 4.98 Å². The van der Waals surface area contributed by atoms with E-state index >= 15 is 0 Å². The van der Waals surface area contributed by atoms with Gasteiger partial charge < -0.3 is 9.64 Å². The van der Waals surface area contributed by atoms with Crippen LogP contribution in [0.3, 0.4) is 0 Å². The molecule has 0 fully saturated rings. The third kappa shape index (κ3) is 2.87. The number of ether oxygens (including phenoxy) is 1. The minimum Gasteiger partial charge on any atom is -0.497 e. The molecule has 3 aromatic rings. The molecule has 1 aliphatic heterocycles. The van der Waals surface area contributed by atoms with E-state index in [0.717, 1.165) is 21.9 Å². The molecule has 2 aromatic heterocycles. The number of halogens is 1. The van der Waals surface area contributed by atoms with Crippen molar-refractivity contribution in [3.05, 3.63) is 62.8 Å². The third-order valence-electron chi connectivity index (χ3n) is 4.65. The Morgan fingerprint density at radius 3 is 2.73 bits per heavy atom. The number of carbonyl (C=O) groups is 1. The van der Waals surface area contributed by atoms with Gasteiger partial charge in [-0.2, -0.15) is 5.10 Å². The Balaban J connectivity index is 1.65. The zero-order chi connectivity index (χ0) is 18.3. The Kier molecular flexibility index (Phi) is 4.42. The Labute approximate surface area is 160 Å². The lowest BCUT2D eigenvalue weighted by molar-refractivity contribution is 0.0704. The molecule has 8 heteroatoms. The number of rotatable bonds is 5. The SMILES string of the molecule is COc1ccc(CN2C(=O)c3ncsc3C2Cc2c(Cl)cnn2C)cc1. The van der Waals surface area contributed by atoms with Crippen molar-refractivity contribution in [1.29, 1.82) is 0 Å². The molecule has 0 saturated carbocycles. The van der Waals surface area contributed by atoms with E-state index in [1.165, 1.54) is 11.3 Å². The number of methoxy groups -OCH3 is 1. The van der Waals surface area contributed by atoms with Gasteiger partial charge in [0.05, 0.1) is 40.5 Å². The van der Waals surface area contributed by atoms with Crippen molar-refractivity contribution in [3.63, 3.8) is 0 Å². The van der Waals surface area contributed by atoms with Crippen molar-refractivity contribution in [1.82, 2.24) is 19.7 Å². The van der Waals surface area contributed by atoms with Crippen molar-refractivity contribution in [2.24, 2.45) is 7.05 Å². The van der Waals surface area contributed by atoms with Crippen LogP contribution in [0.15, 0.2) is 36.0 Å². The Hall–Kier alpha value is -2.38. The average Bonchev–Trinajstić information content (AvgIpc) is 3.31. The van der Waals surface area contributed by atoms with Gasteiger partial charge in [-0.3, -0.25) is 9.48 Å². The summed E-state index contributed by atoms with van der Waals surface area (Å²) < 4.78 is 6.96. The number of thiazole rings is 1. The molecule has 0 saturated heterocycles. The molecule has 1 unspecified atom stereocenters. The van der Waals surface area contributed by atoms with Gasteiger partial charge in [-0.15, -0.1) is 11.3 Å². The highest BCUT2D eigenvalue weighted by Gasteiger charge is 2.40. The predicted molar refractivity (Wildman–Crippen MR) is 99.6 cm³/mol. The molecule has 134 valence electrons. The molecule has 0 spiro atoms. The Morgan fingerprint density at radius 2 is 2.08 bits per heavy atom. The molecule has 0 aliphatic carbocycles. The fourth-order valence-corrected chi connectivity index (χ4v) is 4.37. The van der Waals surface area contributed by atoms with Crippen LogP contribution in [0.1, 0.15) is 32.7 Å². The standard InChI is InChI=1S/C18H17ClN4O2S/c1-22-14(13(19)8-21-22)7-15-17-16(20-10-26-17)18(24)23(15)9-11-3-5-12(25-2)6-4-11/h3-6,8,10,15H,7,9H2,1-2H3. The number of nitrogens with zero attached hydrogens (tertiary/aromatic N) is 4. The molecular formula is C18H17ClN4O2S. The molecule has 26 heavy (non-hydrogen) atoms. The van der Waals surface area contributed by atoms with Gasteiger partial charge >= 0.3 is 0 Å². The van der Waals surface area contributed by atoms with Crippen molar-refractivity contribution in [3.8, 4) is 5.75 Å². The first-order chi connectivity index (χ1) is 12.6. The van der Waals surface area contributed by atoms with Crippen molar-refractivity contribution in [2.45, 2.75) is 19.0 Å². The van der Waals surface area contributed by atoms with E-state index in [2.05, 4.69) is 10.1 Å². The molecular weight excluding hydrogens is 372 g/mol. The molecule has 1 aliphatic rings. The maximum absolute atomic E-state index is 12.9. The zero-order valence-corrected chi connectivity index (χ0v) is 15.9. The summed E-state index contributed by atoms with van der Waals surface area (Å²) in [5, 5.41) is 4.82. The Bertz CT molecular complexity index is 931. The molecule has 6 nitrogen and oxygen atoms in total. The summed E-state index contributed by atoms with van der Waals surface area (Å²) in [5.41, 5.74) is 4.22. The van der Waals surface area contributed by atoms with Crippen molar-refractivity contribution >= 4 is 28.8 Å². The first-order valence-electron chi connectivity index (χ1n) is 8.12. The van der Waals surface area contributed by atoms with Crippen LogP contribution in [-0.4, -0.2) is 32.7 Å². The van der Waals surface area contributed by atoms with Gasteiger partial charge in [0, 0.05) is 20.0 Å². The van der Waals surface area contributed by atoms with Gasteiger partial charge in [-0.05, 0) is 17.7 Å². The predicted octanol–water partition coefficient (Wildman–Crippen LogP) is 3.48. The number of carbonyl (C=O) groups excluding carboxylic acids is 1. The molecule has 0 N–H and O–H groups in total. The van der Waals surface area contributed by atoms with Crippen LogP contribution in [0.4, 0.5) is 0 Å². The molecule has 0 radical (unpaired) electrons. The van der Waals surface area contributed by atoms with Crippen LogP contribution in [0.25, 0.3) is 0 Å². The quantitative estimate of drug-likeness (QED) is 0.671. The summed E-state index contributed by atoms with van der Waals surface area (Å²) in [4.78, 5) is 20.0. The lowest BCUT2D eigenvalue weighted by Gasteiger charge is -2.25. The minimum atomic E-state index is -0.0972. The summed E-state index contributed by atoms with van der Waals surface area (Å²) in [5.74, 6) is 0.751. The van der Waals surface area contributed by atoms with Gasteiger partial charge in [0.15, 0.2) is 0 Å². The van der Waals surface area contributed by atoms with E-state index in [1.54, 1.807) is 23.5 Å².